The third-order valence-corrected chi connectivity index (χ3v) is 3.97. The van der Waals surface area contributed by atoms with Crippen LogP contribution in [0.25, 0.3) is 0 Å². The summed E-state index contributed by atoms with van der Waals surface area (Å²) in [6.45, 7) is 3.56. The largest absolute Gasteiger partial charge is 0.316 e. The Morgan fingerprint density at radius 2 is 2.22 bits per heavy atom. The van der Waals surface area contributed by atoms with Crippen LogP contribution in [0.1, 0.15) is 16.8 Å². The lowest BCUT2D eigenvalue weighted by Gasteiger charge is -2.09. The Kier molecular flexibility index (Phi) is 4.43. The van der Waals surface area contributed by atoms with Crippen LogP contribution in [0, 0.1) is 6.92 Å². The van der Waals surface area contributed by atoms with Crippen molar-refractivity contribution in [3.63, 3.8) is 0 Å². The molecular formula is C13H15BrClN3. The fourth-order valence-electron chi connectivity index (χ4n) is 1.78. The van der Waals surface area contributed by atoms with Crippen LogP contribution in [0.4, 0.5) is 0 Å². The van der Waals surface area contributed by atoms with Crippen molar-refractivity contribution in [3.8, 4) is 0 Å². The van der Waals surface area contributed by atoms with E-state index in [2.05, 4.69) is 44.5 Å². The Labute approximate surface area is 120 Å². The predicted octanol–water partition coefficient (Wildman–Crippen LogP) is 3.38. The molecular weight excluding hydrogens is 314 g/mol. The summed E-state index contributed by atoms with van der Waals surface area (Å²) in [7, 11) is 1.94. The lowest BCUT2D eigenvalue weighted by atomic mass is 10.1. The minimum absolute atomic E-state index is 0.706. The highest BCUT2D eigenvalue weighted by molar-refractivity contribution is 9.10. The quantitative estimate of drug-likeness (QED) is 0.932. The molecule has 1 aromatic heterocycles. The van der Waals surface area contributed by atoms with Gasteiger partial charge in [-0.05, 0) is 31.2 Å². The summed E-state index contributed by atoms with van der Waals surface area (Å²) < 4.78 is 3.00. The molecule has 0 atom stereocenters. The highest BCUT2D eigenvalue weighted by Gasteiger charge is 2.07. The monoisotopic (exact) mass is 327 g/mol. The van der Waals surface area contributed by atoms with Crippen molar-refractivity contribution in [2.45, 2.75) is 20.0 Å². The fourth-order valence-corrected chi connectivity index (χ4v) is 2.47. The first-order valence-corrected chi connectivity index (χ1v) is 6.88. The van der Waals surface area contributed by atoms with Gasteiger partial charge < -0.3 is 5.32 Å². The number of nitrogens with one attached hydrogen (secondary N) is 1. The molecule has 0 amide bonds. The Bertz CT molecular complexity index is 551. The van der Waals surface area contributed by atoms with Crippen LogP contribution in [-0.2, 0) is 13.1 Å². The van der Waals surface area contributed by atoms with Crippen LogP contribution in [0.2, 0.25) is 5.02 Å². The van der Waals surface area contributed by atoms with E-state index in [1.165, 1.54) is 11.1 Å². The summed E-state index contributed by atoms with van der Waals surface area (Å²) in [4.78, 5) is 0. The molecule has 0 radical (unpaired) electrons. The summed E-state index contributed by atoms with van der Waals surface area (Å²) >= 11 is 9.60. The third kappa shape index (κ3) is 2.94. The summed E-state index contributed by atoms with van der Waals surface area (Å²) in [6, 6.07) is 6.37. The number of rotatable bonds is 4. The maximum Gasteiger partial charge on any atom is 0.0815 e. The molecule has 0 aliphatic carbocycles. The molecule has 2 aromatic rings. The van der Waals surface area contributed by atoms with Crippen molar-refractivity contribution in [3.05, 3.63) is 50.7 Å². The van der Waals surface area contributed by atoms with Gasteiger partial charge in [-0.15, -0.1) is 0 Å². The zero-order valence-electron chi connectivity index (χ0n) is 10.4. The van der Waals surface area contributed by atoms with E-state index in [1.54, 1.807) is 6.20 Å². The van der Waals surface area contributed by atoms with E-state index >= 15 is 0 Å². The van der Waals surface area contributed by atoms with Gasteiger partial charge in [-0.1, -0.05) is 39.7 Å². The zero-order valence-corrected chi connectivity index (χ0v) is 12.7. The normalized spacial score (nSPS) is 10.9. The van der Waals surface area contributed by atoms with Gasteiger partial charge in [0, 0.05) is 11.0 Å². The molecule has 1 heterocycles. The number of hydrogen-bond acceptors (Lipinski definition) is 2. The van der Waals surface area contributed by atoms with Crippen molar-refractivity contribution in [1.29, 1.82) is 0 Å². The second-order valence-corrected chi connectivity index (χ2v) is 5.45. The molecule has 0 aliphatic heterocycles. The first-order valence-electron chi connectivity index (χ1n) is 5.71. The van der Waals surface area contributed by atoms with E-state index in [1.807, 2.05) is 18.7 Å². The van der Waals surface area contributed by atoms with E-state index in [-0.39, 0.29) is 0 Å². The van der Waals surface area contributed by atoms with Crippen LogP contribution >= 0.6 is 27.5 Å². The van der Waals surface area contributed by atoms with E-state index in [0.717, 1.165) is 23.3 Å². The molecule has 18 heavy (non-hydrogen) atoms. The molecule has 96 valence electrons. The van der Waals surface area contributed by atoms with Gasteiger partial charge in [0.1, 0.15) is 0 Å². The summed E-state index contributed by atoms with van der Waals surface area (Å²) in [6.07, 6.45) is 1.68. The molecule has 1 aromatic carbocycles. The lowest BCUT2D eigenvalue weighted by molar-refractivity contribution is 0.663. The van der Waals surface area contributed by atoms with Crippen LogP contribution in [0.15, 0.2) is 28.9 Å². The first kappa shape index (κ1) is 13.6. The van der Waals surface area contributed by atoms with E-state index in [0.29, 0.717) is 5.02 Å². The van der Waals surface area contributed by atoms with Crippen LogP contribution in [0.5, 0.6) is 0 Å². The van der Waals surface area contributed by atoms with Crippen LogP contribution < -0.4 is 5.32 Å². The minimum Gasteiger partial charge on any atom is -0.316 e. The number of hydrogen-bond donors (Lipinski definition) is 1. The van der Waals surface area contributed by atoms with Gasteiger partial charge in [0.25, 0.3) is 0 Å². The van der Waals surface area contributed by atoms with Crippen LogP contribution in [-0.4, -0.2) is 16.8 Å². The van der Waals surface area contributed by atoms with Crippen molar-refractivity contribution >= 4 is 27.5 Å². The van der Waals surface area contributed by atoms with Crippen molar-refractivity contribution in [1.82, 2.24) is 15.1 Å². The van der Waals surface area contributed by atoms with Crippen LogP contribution in [0.3, 0.4) is 0 Å². The highest BCUT2D eigenvalue weighted by Crippen LogP contribution is 2.21. The second-order valence-electron chi connectivity index (χ2n) is 4.19. The molecule has 0 unspecified atom stereocenters. The molecule has 0 aliphatic rings. The molecule has 1 N–H and O–H groups in total. The summed E-state index contributed by atoms with van der Waals surface area (Å²) in [5.41, 5.74) is 3.43. The molecule has 3 nitrogen and oxygen atoms in total. The smallest absolute Gasteiger partial charge is 0.0815 e. The predicted molar refractivity (Wildman–Crippen MR) is 78.0 cm³/mol. The molecule has 0 saturated carbocycles. The van der Waals surface area contributed by atoms with Gasteiger partial charge in [0.2, 0.25) is 0 Å². The molecule has 0 saturated heterocycles. The van der Waals surface area contributed by atoms with Crippen molar-refractivity contribution < 1.29 is 0 Å². The Balaban J connectivity index is 2.22. The van der Waals surface area contributed by atoms with Gasteiger partial charge in [-0.2, -0.15) is 5.10 Å². The summed E-state index contributed by atoms with van der Waals surface area (Å²) in [5, 5.41) is 8.11. The van der Waals surface area contributed by atoms with E-state index in [9.17, 15) is 0 Å². The Morgan fingerprint density at radius 1 is 1.44 bits per heavy atom. The molecule has 0 bridgehead atoms. The SMILES string of the molecule is CNCc1ccc(Cn2ncc(Cl)c2C)c(Br)c1. The Morgan fingerprint density at radius 3 is 2.78 bits per heavy atom. The summed E-state index contributed by atoms with van der Waals surface area (Å²) in [5.74, 6) is 0. The second kappa shape index (κ2) is 5.87. The number of halogens is 2. The Hall–Kier alpha value is -0.840. The highest BCUT2D eigenvalue weighted by atomic mass is 79.9. The van der Waals surface area contributed by atoms with E-state index in [4.69, 9.17) is 11.6 Å². The van der Waals surface area contributed by atoms with Crippen molar-refractivity contribution in [2.24, 2.45) is 0 Å². The van der Waals surface area contributed by atoms with E-state index < -0.39 is 0 Å². The van der Waals surface area contributed by atoms with Crippen molar-refractivity contribution in [2.75, 3.05) is 7.05 Å². The standard InChI is InChI=1S/C13H15BrClN3/c1-9-13(15)7-17-18(9)8-11-4-3-10(6-16-2)5-12(11)14/h3-5,7,16H,6,8H2,1-2H3. The number of benzene rings is 1. The van der Waals surface area contributed by atoms with Gasteiger partial charge >= 0.3 is 0 Å². The molecule has 2 rings (SSSR count). The number of nitrogens with zero attached hydrogens (tertiary/aromatic N) is 2. The third-order valence-electron chi connectivity index (χ3n) is 2.86. The maximum atomic E-state index is 6.00. The molecule has 5 heteroatoms. The van der Waals surface area contributed by atoms with Gasteiger partial charge in [-0.3, -0.25) is 4.68 Å². The number of aromatic nitrogens is 2. The average molecular weight is 329 g/mol. The lowest BCUT2D eigenvalue weighted by Crippen LogP contribution is -2.07. The van der Waals surface area contributed by atoms with Gasteiger partial charge in [-0.25, -0.2) is 0 Å². The maximum absolute atomic E-state index is 6.00. The molecule has 0 spiro atoms. The topological polar surface area (TPSA) is 29.9 Å². The van der Waals surface area contributed by atoms with Gasteiger partial charge in [0.15, 0.2) is 0 Å². The average Bonchev–Trinajstić information content (AvgIpc) is 2.65. The molecule has 0 fully saturated rings. The zero-order chi connectivity index (χ0) is 13.1. The minimum atomic E-state index is 0.706. The first-order chi connectivity index (χ1) is 8.61. The fraction of sp³-hybridized carbons (Fsp3) is 0.308. The van der Waals surface area contributed by atoms with Gasteiger partial charge in [0.05, 0.1) is 23.5 Å².